The summed E-state index contributed by atoms with van der Waals surface area (Å²) in [5.74, 6) is 1.67. The molecule has 1 N–H and O–H groups in total. The number of benzene rings is 1. The predicted octanol–water partition coefficient (Wildman–Crippen LogP) is 2.72. The number of rotatable bonds is 6. The van der Waals surface area contributed by atoms with Gasteiger partial charge in [-0.1, -0.05) is 19.1 Å². The van der Waals surface area contributed by atoms with Gasteiger partial charge >= 0.3 is 6.03 Å². The Morgan fingerprint density at radius 2 is 1.81 bits per heavy atom. The third-order valence-electron chi connectivity index (χ3n) is 6.73. The van der Waals surface area contributed by atoms with Crippen LogP contribution in [0.2, 0.25) is 0 Å². The van der Waals surface area contributed by atoms with E-state index >= 15 is 0 Å². The normalized spacial score (nSPS) is 19.0. The molecule has 2 fully saturated rings. The number of likely N-dealkylation sites (tertiary alicyclic amines) is 1. The number of aryl methyl sites for hydroxylation is 2. The highest BCUT2D eigenvalue weighted by atomic mass is 16.5. The number of urea groups is 1. The zero-order valence-electron chi connectivity index (χ0n) is 18.8. The first-order valence-electron chi connectivity index (χ1n) is 10.9. The van der Waals surface area contributed by atoms with Crippen molar-refractivity contribution < 1.29 is 14.3 Å². The summed E-state index contributed by atoms with van der Waals surface area (Å²) in [6.45, 7) is 6.70. The lowest BCUT2D eigenvalue weighted by Crippen LogP contribution is -2.55. The summed E-state index contributed by atoms with van der Waals surface area (Å²) in [6, 6.07) is 7.26. The van der Waals surface area contributed by atoms with Gasteiger partial charge in [0.05, 0.1) is 19.3 Å². The molecule has 2 saturated heterocycles. The second-order valence-electron chi connectivity index (χ2n) is 8.50. The second-order valence-corrected chi connectivity index (χ2v) is 8.50. The minimum absolute atomic E-state index is 0.0836. The molecule has 1 aromatic heterocycles. The topological polar surface area (TPSA) is 81.8 Å². The third-order valence-corrected chi connectivity index (χ3v) is 6.73. The molecule has 3 heterocycles. The number of amides is 3. The molecule has 0 aliphatic carbocycles. The van der Waals surface area contributed by atoms with Crippen LogP contribution in [0.3, 0.4) is 0 Å². The number of hydrogen-bond donors (Lipinski definition) is 1. The van der Waals surface area contributed by atoms with Gasteiger partial charge in [0.1, 0.15) is 17.1 Å². The molecule has 0 bridgehead atoms. The summed E-state index contributed by atoms with van der Waals surface area (Å²) < 4.78 is 5.19. The standard InChI is InChI=1S/C23H31N5O3/c1-5-20-24-16(2)19(25-20)15-27-12-10-23(11-13-27)21(29)28(22(30)26(23)3)14-17-6-8-18(31-4)9-7-17/h6-9H,5,10-15H2,1-4H3,(H,24,25). The van der Waals surface area contributed by atoms with Crippen molar-refractivity contribution in [1.29, 1.82) is 0 Å². The van der Waals surface area contributed by atoms with E-state index in [2.05, 4.69) is 28.7 Å². The number of aromatic nitrogens is 2. The van der Waals surface area contributed by atoms with Crippen molar-refractivity contribution in [2.75, 3.05) is 27.2 Å². The van der Waals surface area contributed by atoms with E-state index in [4.69, 9.17) is 4.74 Å². The van der Waals surface area contributed by atoms with Crippen LogP contribution < -0.4 is 4.74 Å². The van der Waals surface area contributed by atoms with Gasteiger partial charge in [-0.3, -0.25) is 14.6 Å². The summed E-state index contributed by atoms with van der Waals surface area (Å²) in [5.41, 5.74) is 2.34. The van der Waals surface area contributed by atoms with Crippen LogP contribution in [0, 0.1) is 6.92 Å². The molecule has 0 radical (unpaired) electrons. The van der Waals surface area contributed by atoms with E-state index in [0.29, 0.717) is 12.8 Å². The van der Waals surface area contributed by atoms with E-state index in [-0.39, 0.29) is 18.5 Å². The first-order valence-corrected chi connectivity index (χ1v) is 10.9. The molecule has 8 nitrogen and oxygen atoms in total. The highest BCUT2D eigenvalue weighted by Gasteiger charge is 2.56. The lowest BCUT2D eigenvalue weighted by Gasteiger charge is -2.40. The molecule has 2 aliphatic heterocycles. The Morgan fingerprint density at radius 1 is 1.13 bits per heavy atom. The van der Waals surface area contributed by atoms with Crippen molar-refractivity contribution in [3.05, 3.63) is 47.0 Å². The minimum Gasteiger partial charge on any atom is -0.497 e. The molecule has 166 valence electrons. The van der Waals surface area contributed by atoms with Gasteiger partial charge in [-0.2, -0.15) is 0 Å². The van der Waals surface area contributed by atoms with E-state index < -0.39 is 5.54 Å². The van der Waals surface area contributed by atoms with Crippen molar-refractivity contribution in [2.24, 2.45) is 0 Å². The largest absolute Gasteiger partial charge is 0.497 e. The quantitative estimate of drug-likeness (QED) is 0.720. The van der Waals surface area contributed by atoms with E-state index in [0.717, 1.165) is 54.6 Å². The first kappa shape index (κ1) is 21.4. The molecule has 2 aromatic rings. The summed E-state index contributed by atoms with van der Waals surface area (Å²) >= 11 is 0. The molecule has 4 rings (SSSR count). The molecule has 31 heavy (non-hydrogen) atoms. The van der Waals surface area contributed by atoms with E-state index in [1.54, 1.807) is 19.1 Å². The molecule has 0 saturated carbocycles. The van der Waals surface area contributed by atoms with E-state index in [1.807, 2.05) is 24.3 Å². The number of hydrogen-bond acceptors (Lipinski definition) is 5. The molecule has 1 aromatic carbocycles. The second kappa shape index (κ2) is 8.34. The number of carbonyl (C=O) groups excluding carboxylic acids is 2. The molecule has 1 spiro atoms. The first-order chi connectivity index (χ1) is 14.9. The van der Waals surface area contributed by atoms with Gasteiger partial charge in [0, 0.05) is 38.8 Å². The smallest absolute Gasteiger partial charge is 0.327 e. The Bertz CT molecular complexity index is 960. The summed E-state index contributed by atoms with van der Waals surface area (Å²) in [5, 5.41) is 0. The Kier molecular flexibility index (Phi) is 5.75. The van der Waals surface area contributed by atoms with Gasteiger partial charge in [0.25, 0.3) is 5.91 Å². The van der Waals surface area contributed by atoms with Crippen LogP contribution in [0.5, 0.6) is 5.75 Å². The van der Waals surface area contributed by atoms with E-state index in [9.17, 15) is 9.59 Å². The highest BCUT2D eigenvalue weighted by molar-refractivity contribution is 6.06. The number of ether oxygens (including phenoxy) is 1. The van der Waals surface area contributed by atoms with Gasteiger partial charge in [-0.25, -0.2) is 9.78 Å². The number of H-pyrrole nitrogens is 1. The fourth-order valence-corrected chi connectivity index (χ4v) is 4.63. The number of imide groups is 1. The number of imidazole rings is 1. The number of likely N-dealkylation sites (N-methyl/N-ethyl adjacent to an activating group) is 1. The Hall–Kier alpha value is -2.87. The van der Waals surface area contributed by atoms with Crippen LogP contribution in [0.15, 0.2) is 24.3 Å². The maximum absolute atomic E-state index is 13.4. The number of carbonyl (C=O) groups is 2. The molecular formula is C23H31N5O3. The molecule has 3 amide bonds. The zero-order chi connectivity index (χ0) is 22.2. The van der Waals surface area contributed by atoms with Crippen LogP contribution in [0.25, 0.3) is 0 Å². The average molecular weight is 426 g/mol. The summed E-state index contributed by atoms with van der Waals surface area (Å²) in [4.78, 5) is 39.7. The van der Waals surface area contributed by atoms with Crippen LogP contribution in [-0.4, -0.2) is 69.4 Å². The Balaban J connectivity index is 1.43. The average Bonchev–Trinajstić information content (AvgIpc) is 3.22. The molecule has 0 unspecified atom stereocenters. The van der Waals surface area contributed by atoms with Crippen molar-refractivity contribution in [1.82, 2.24) is 24.7 Å². The number of nitrogens with zero attached hydrogens (tertiary/aromatic N) is 4. The SMILES string of the molecule is CCc1nc(CN2CCC3(CC2)C(=O)N(Cc2ccc(OC)cc2)C(=O)N3C)c(C)[nH]1. The van der Waals surface area contributed by atoms with Gasteiger partial charge in [-0.05, 0) is 37.5 Å². The molecular weight excluding hydrogens is 394 g/mol. The van der Waals surface area contributed by atoms with Crippen molar-refractivity contribution in [2.45, 2.75) is 51.7 Å². The van der Waals surface area contributed by atoms with Crippen LogP contribution in [0.1, 0.15) is 42.5 Å². The lowest BCUT2D eigenvalue weighted by atomic mass is 9.86. The number of aromatic amines is 1. The van der Waals surface area contributed by atoms with Gasteiger partial charge < -0.3 is 14.6 Å². The van der Waals surface area contributed by atoms with Crippen LogP contribution in [0.4, 0.5) is 4.79 Å². The number of methoxy groups -OCH3 is 1. The van der Waals surface area contributed by atoms with Crippen LogP contribution in [-0.2, 0) is 24.3 Å². The molecule has 2 aliphatic rings. The third kappa shape index (κ3) is 3.80. The Labute approximate surface area is 183 Å². The maximum Gasteiger partial charge on any atom is 0.327 e. The highest BCUT2D eigenvalue weighted by Crippen LogP contribution is 2.37. The maximum atomic E-state index is 13.4. The lowest BCUT2D eigenvalue weighted by molar-refractivity contribution is -0.135. The Morgan fingerprint density at radius 3 is 2.39 bits per heavy atom. The van der Waals surface area contributed by atoms with Crippen molar-refractivity contribution >= 4 is 11.9 Å². The monoisotopic (exact) mass is 425 g/mol. The van der Waals surface area contributed by atoms with Crippen molar-refractivity contribution in [3.8, 4) is 5.75 Å². The van der Waals surface area contributed by atoms with Gasteiger partial charge in [-0.15, -0.1) is 0 Å². The summed E-state index contributed by atoms with van der Waals surface area (Å²) in [7, 11) is 3.37. The summed E-state index contributed by atoms with van der Waals surface area (Å²) in [6.07, 6.45) is 2.16. The number of nitrogens with one attached hydrogen (secondary N) is 1. The minimum atomic E-state index is -0.741. The van der Waals surface area contributed by atoms with E-state index in [1.165, 1.54) is 4.90 Å². The van der Waals surface area contributed by atoms with Gasteiger partial charge in [0.15, 0.2) is 0 Å². The fourth-order valence-electron chi connectivity index (χ4n) is 4.63. The fraction of sp³-hybridized carbons (Fsp3) is 0.522. The van der Waals surface area contributed by atoms with Crippen molar-refractivity contribution in [3.63, 3.8) is 0 Å². The predicted molar refractivity (Wildman–Crippen MR) is 117 cm³/mol. The molecule has 8 heteroatoms. The van der Waals surface area contributed by atoms with Gasteiger partial charge in [0.2, 0.25) is 0 Å². The molecule has 0 atom stereocenters. The number of piperidine rings is 1. The van der Waals surface area contributed by atoms with Crippen LogP contribution >= 0.6 is 0 Å². The zero-order valence-corrected chi connectivity index (χ0v) is 18.8.